The molecule has 0 amide bonds. The monoisotopic (exact) mass is 399 g/mol. The number of quaternary nitrogens is 2. The Kier molecular flexibility index (Phi) is 6.39. The summed E-state index contributed by atoms with van der Waals surface area (Å²) in [6.07, 6.45) is 2.08. The number of nitrogens with zero attached hydrogens (tertiary/aromatic N) is 2. The molecule has 5 heteroatoms. The Balaban J connectivity index is 1.68. The maximum atomic E-state index is 6.01. The van der Waals surface area contributed by atoms with Crippen molar-refractivity contribution in [2.24, 2.45) is 0 Å². The van der Waals surface area contributed by atoms with Crippen molar-refractivity contribution in [2.75, 3.05) is 68.6 Å². The van der Waals surface area contributed by atoms with Crippen LogP contribution in [-0.2, 0) is 0 Å². The van der Waals surface area contributed by atoms with E-state index in [9.17, 15) is 0 Å². The third-order valence-corrected chi connectivity index (χ3v) is 5.03. The number of ether oxygens (including phenoxy) is 2. The van der Waals surface area contributed by atoms with Gasteiger partial charge < -0.3 is 23.4 Å². The molecule has 0 bridgehead atoms. The van der Waals surface area contributed by atoms with Crippen LogP contribution in [0, 0.1) is 0 Å². The summed E-state index contributed by atoms with van der Waals surface area (Å²) in [6.45, 7) is 3.68. The van der Waals surface area contributed by atoms with Gasteiger partial charge in [0.1, 0.15) is 11.5 Å². The average molecular weight is 400 g/mol. The highest BCUT2D eigenvalue weighted by atomic mass is 16.5. The van der Waals surface area contributed by atoms with Crippen molar-refractivity contribution in [3.05, 3.63) is 36.4 Å². The largest absolute Gasteiger partial charge is 0.493 e. The number of aromatic amines is 1. The molecule has 1 aromatic heterocycles. The standard InChI is InChI=1S/C24H37N3O2/c1-26(2,3)13-7-15-28-19-9-11-23-21(17-19)22-18-20(10-12-24(22)25-23)29-16-8-14-27(4,5)6/h9-12,17-18,25H,7-8,13-16H2,1-6H3/q+2. The first-order valence-corrected chi connectivity index (χ1v) is 10.5. The number of nitrogens with one attached hydrogen (secondary N) is 1. The Morgan fingerprint density at radius 1 is 0.655 bits per heavy atom. The van der Waals surface area contributed by atoms with Crippen molar-refractivity contribution < 1.29 is 18.4 Å². The predicted octanol–water partition coefficient (Wildman–Crippen LogP) is 4.27. The number of hydrogen-bond donors (Lipinski definition) is 1. The predicted molar refractivity (Wildman–Crippen MR) is 122 cm³/mol. The van der Waals surface area contributed by atoms with E-state index in [2.05, 4.69) is 71.5 Å². The summed E-state index contributed by atoms with van der Waals surface area (Å²) < 4.78 is 13.9. The van der Waals surface area contributed by atoms with Gasteiger partial charge >= 0.3 is 0 Å². The second-order valence-electron chi connectivity index (χ2n) is 9.97. The van der Waals surface area contributed by atoms with E-state index in [-0.39, 0.29) is 0 Å². The molecule has 0 aliphatic rings. The van der Waals surface area contributed by atoms with Crippen molar-refractivity contribution in [3.8, 4) is 11.5 Å². The molecule has 0 aliphatic carbocycles. The van der Waals surface area contributed by atoms with Crippen LogP contribution < -0.4 is 9.47 Å². The third kappa shape index (κ3) is 6.38. The normalized spacial score (nSPS) is 12.6. The highest BCUT2D eigenvalue weighted by Crippen LogP contribution is 2.31. The van der Waals surface area contributed by atoms with E-state index < -0.39 is 0 Å². The summed E-state index contributed by atoms with van der Waals surface area (Å²) in [7, 11) is 13.2. The molecular weight excluding hydrogens is 362 g/mol. The highest BCUT2D eigenvalue weighted by Gasteiger charge is 2.10. The molecule has 0 unspecified atom stereocenters. The minimum absolute atomic E-state index is 0.740. The zero-order valence-corrected chi connectivity index (χ0v) is 18.9. The molecule has 3 aromatic rings. The lowest BCUT2D eigenvalue weighted by Crippen LogP contribution is -2.36. The molecule has 0 saturated heterocycles. The smallest absolute Gasteiger partial charge is 0.120 e. The van der Waals surface area contributed by atoms with Crippen molar-refractivity contribution in [2.45, 2.75) is 12.8 Å². The molecule has 5 nitrogen and oxygen atoms in total. The lowest BCUT2D eigenvalue weighted by Gasteiger charge is -2.23. The number of hydrogen-bond acceptors (Lipinski definition) is 2. The van der Waals surface area contributed by atoms with E-state index in [1.54, 1.807) is 0 Å². The summed E-state index contributed by atoms with van der Waals surface area (Å²) in [5.41, 5.74) is 2.25. The fourth-order valence-electron chi connectivity index (χ4n) is 3.49. The summed E-state index contributed by atoms with van der Waals surface area (Å²) in [6, 6.07) is 12.6. The fraction of sp³-hybridized carbons (Fsp3) is 0.500. The maximum absolute atomic E-state index is 6.01. The van der Waals surface area contributed by atoms with Gasteiger partial charge in [-0.25, -0.2) is 0 Å². The van der Waals surface area contributed by atoms with Crippen LogP contribution in [0.5, 0.6) is 11.5 Å². The summed E-state index contributed by atoms with van der Waals surface area (Å²) in [5.74, 6) is 1.85. The van der Waals surface area contributed by atoms with Crippen LogP contribution in [0.4, 0.5) is 0 Å². The topological polar surface area (TPSA) is 34.2 Å². The van der Waals surface area contributed by atoms with Gasteiger partial charge in [-0.3, -0.25) is 0 Å². The summed E-state index contributed by atoms with van der Waals surface area (Å²) in [4.78, 5) is 3.49. The Morgan fingerprint density at radius 2 is 1.07 bits per heavy atom. The van der Waals surface area contributed by atoms with Crippen LogP contribution in [-0.4, -0.2) is 82.5 Å². The van der Waals surface area contributed by atoms with Crippen LogP contribution in [0.25, 0.3) is 21.8 Å². The molecule has 3 rings (SSSR count). The molecule has 29 heavy (non-hydrogen) atoms. The van der Waals surface area contributed by atoms with Crippen molar-refractivity contribution >= 4 is 21.8 Å². The van der Waals surface area contributed by atoms with Gasteiger partial charge in [0, 0.05) is 34.6 Å². The zero-order valence-electron chi connectivity index (χ0n) is 18.9. The molecule has 0 saturated carbocycles. The van der Waals surface area contributed by atoms with Gasteiger partial charge in [0.05, 0.1) is 68.6 Å². The molecule has 0 radical (unpaired) electrons. The van der Waals surface area contributed by atoms with E-state index >= 15 is 0 Å². The van der Waals surface area contributed by atoms with Gasteiger partial charge in [-0.05, 0) is 36.4 Å². The average Bonchev–Trinajstić information content (AvgIpc) is 2.98. The molecular formula is C24H37N3O2+2. The summed E-state index contributed by atoms with van der Waals surface area (Å²) in [5, 5.41) is 2.36. The zero-order chi connectivity index (χ0) is 21.1. The first-order valence-electron chi connectivity index (χ1n) is 10.5. The number of rotatable bonds is 10. The lowest BCUT2D eigenvalue weighted by molar-refractivity contribution is -0.870. The molecule has 158 valence electrons. The van der Waals surface area contributed by atoms with Gasteiger partial charge in [0.2, 0.25) is 0 Å². The van der Waals surface area contributed by atoms with E-state index in [0.717, 1.165) is 70.6 Å². The van der Waals surface area contributed by atoms with Gasteiger partial charge in [0.15, 0.2) is 0 Å². The molecule has 2 aromatic carbocycles. The first kappa shape index (κ1) is 21.5. The molecule has 0 fully saturated rings. The Bertz CT molecular complexity index is 872. The first-order chi connectivity index (χ1) is 13.6. The Morgan fingerprint density at radius 3 is 1.45 bits per heavy atom. The van der Waals surface area contributed by atoms with Crippen LogP contribution in [0.1, 0.15) is 12.8 Å². The molecule has 1 N–H and O–H groups in total. The van der Waals surface area contributed by atoms with Crippen LogP contribution in [0.15, 0.2) is 36.4 Å². The Labute approximate surface area is 175 Å². The molecule has 0 atom stereocenters. The number of aromatic nitrogens is 1. The highest BCUT2D eigenvalue weighted by molar-refractivity contribution is 6.08. The summed E-state index contributed by atoms with van der Waals surface area (Å²) >= 11 is 0. The fourth-order valence-corrected chi connectivity index (χ4v) is 3.49. The van der Waals surface area contributed by atoms with E-state index in [1.807, 2.05) is 12.1 Å². The van der Waals surface area contributed by atoms with Crippen molar-refractivity contribution in [1.29, 1.82) is 0 Å². The lowest BCUT2D eigenvalue weighted by atomic mass is 10.1. The van der Waals surface area contributed by atoms with Gasteiger partial charge in [-0.15, -0.1) is 0 Å². The van der Waals surface area contributed by atoms with Crippen LogP contribution in [0.3, 0.4) is 0 Å². The van der Waals surface area contributed by atoms with E-state index in [4.69, 9.17) is 9.47 Å². The van der Waals surface area contributed by atoms with Gasteiger partial charge in [-0.2, -0.15) is 0 Å². The van der Waals surface area contributed by atoms with E-state index in [1.165, 1.54) is 10.8 Å². The Hall–Kier alpha value is -2.24. The van der Waals surface area contributed by atoms with Gasteiger partial charge in [-0.1, -0.05) is 0 Å². The SMILES string of the molecule is C[N+](C)(C)CCCOc1ccc2[nH]c3ccc(OCCC[N+](C)(C)C)cc3c2c1. The number of fused-ring (bicyclic) bond motifs is 3. The molecule has 0 spiro atoms. The van der Waals surface area contributed by atoms with E-state index in [0.29, 0.717) is 0 Å². The second kappa shape index (κ2) is 8.64. The molecule has 0 aliphatic heterocycles. The quantitative estimate of drug-likeness (QED) is 0.408. The van der Waals surface area contributed by atoms with Crippen LogP contribution >= 0.6 is 0 Å². The minimum Gasteiger partial charge on any atom is -0.493 e. The number of H-pyrrole nitrogens is 1. The molecule has 1 heterocycles. The maximum Gasteiger partial charge on any atom is 0.120 e. The minimum atomic E-state index is 0.740. The number of benzene rings is 2. The van der Waals surface area contributed by atoms with Crippen molar-refractivity contribution in [1.82, 2.24) is 4.98 Å². The van der Waals surface area contributed by atoms with Gasteiger partial charge in [0.25, 0.3) is 0 Å². The van der Waals surface area contributed by atoms with Crippen molar-refractivity contribution in [3.63, 3.8) is 0 Å². The van der Waals surface area contributed by atoms with Crippen LogP contribution in [0.2, 0.25) is 0 Å². The second-order valence-corrected chi connectivity index (χ2v) is 9.97. The third-order valence-electron chi connectivity index (χ3n) is 5.03.